The first kappa shape index (κ1) is 12.4. The van der Waals surface area contributed by atoms with Crippen molar-refractivity contribution in [3.8, 4) is 0 Å². The van der Waals surface area contributed by atoms with Crippen molar-refractivity contribution in [3.05, 3.63) is 0 Å². The molecular weight excluding hydrogens is 168 g/mol. The summed E-state index contributed by atoms with van der Waals surface area (Å²) >= 11 is 0. The molecular formula is C9H20N2O2. The molecule has 0 aromatic heterocycles. The average Bonchev–Trinajstić information content (AvgIpc) is 2.06. The lowest BCUT2D eigenvalue weighted by molar-refractivity contribution is -0.137. The van der Waals surface area contributed by atoms with Crippen LogP contribution in [0, 0.1) is 0 Å². The fraction of sp³-hybridized carbons (Fsp3) is 0.889. The maximum Gasteiger partial charge on any atom is 0.317 e. The number of carboxylic acid groups (broad SMARTS) is 1. The largest absolute Gasteiger partial charge is 0.480 e. The number of hydrogen-bond donors (Lipinski definition) is 2. The summed E-state index contributed by atoms with van der Waals surface area (Å²) in [4.78, 5) is 11.4. The van der Waals surface area contributed by atoms with Crippen LogP contribution in [0.1, 0.15) is 19.3 Å². The summed E-state index contributed by atoms with van der Waals surface area (Å²) < 4.78 is 0. The van der Waals surface area contributed by atoms with Crippen LogP contribution in [-0.2, 0) is 4.79 Å². The van der Waals surface area contributed by atoms with E-state index in [9.17, 15) is 4.79 Å². The fourth-order valence-electron chi connectivity index (χ4n) is 1.07. The zero-order chi connectivity index (χ0) is 10.1. The van der Waals surface area contributed by atoms with Gasteiger partial charge in [-0.2, -0.15) is 0 Å². The van der Waals surface area contributed by atoms with Crippen LogP contribution in [0.5, 0.6) is 0 Å². The van der Waals surface area contributed by atoms with Crippen molar-refractivity contribution < 1.29 is 9.90 Å². The predicted molar refractivity (Wildman–Crippen MR) is 52.9 cm³/mol. The van der Waals surface area contributed by atoms with Crippen LogP contribution in [0.15, 0.2) is 0 Å². The number of likely N-dealkylation sites (N-methyl/N-ethyl adjacent to an activating group) is 1. The Balaban J connectivity index is 0.000000223. The van der Waals surface area contributed by atoms with E-state index in [1.807, 2.05) is 0 Å². The molecule has 0 atom stereocenters. The Morgan fingerprint density at radius 1 is 1.31 bits per heavy atom. The summed E-state index contributed by atoms with van der Waals surface area (Å²) in [6.45, 7) is 2.61. The van der Waals surface area contributed by atoms with E-state index in [4.69, 9.17) is 5.11 Å². The van der Waals surface area contributed by atoms with E-state index in [-0.39, 0.29) is 6.54 Å². The Morgan fingerprint density at radius 3 is 1.92 bits per heavy atom. The third kappa shape index (κ3) is 11.4. The van der Waals surface area contributed by atoms with Gasteiger partial charge in [-0.1, -0.05) is 6.42 Å². The van der Waals surface area contributed by atoms with Gasteiger partial charge >= 0.3 is 5.97 Å². The Kier molecular flexibility index (Phi) is 7.63. The van der Waals surface area contributed by atoms with Crippen LogP contribution >= 0.6 is 0 Å². The summed E-state index contributed by atoms with van der Waals surface area (Å²) in [6.07, 6.45) is 4.22. The second-order valence-corrected chi connectivity index (χ2v) is 3.44. The molecule has 1 saturated heterocycles. The second kappa shape index (κ2) is 8.01. The van der Waals surface area contributed by atoms with Crippen LogP contribution in [0.2, 0.25) is 0 Å². The number of carbonyl (C=O) groups is 1. The maximum absolute atomic E-state index is 9.77. The first-order chi connectivity index (χ1) is 6.13. The second-order valence-electron chi connectivity index (χ2n) is 3.44. The molecule has 1 heterocycles. The molecule has 0 aromatic carbocycles. The van der Waals surface area contributed by atoms with Crippen molar-refractivity contribution >= 4 is 5.97 Å². The minimum atomic E-state index is -0.787. The topological polar surface area (TPSA) is 52.6 Å². The molecule has 1 fully saturated rings. The minimum absolute atomic E-state index is 0.111. The Bertz CT molecular complexity index is 122. The molecule has 1 aliphatic rings. The molecule has 0 unspecified atom stereocenters. The highest BCUT2D eigenvalue weighted by atomic mass is 16.4. The Hall–Kier alpha value is -0.610. The predicted octanol–water partition coefficient (Wildman–Crippen LogP) is 0.393. The third-order valence-electron chi connectivity index (χ3n) is 1.66. The summed E-state index contributed by atoms with van der Waals surface area (Å²) in [5, 5.41) is 11.3. The molecule has 0 spiro atoms. The smallest absolute Gasteiger partial charge is 0.317 e. The molecule has 4 heteroatoms. The quantitative estimate of drug-likeness (QED) is 0.658. The van der Waals surface area contributed by atoms with Gasteiger partial charge in [0.2, 0.25) is 0 Å². The van der Waals surface area contributed by atoms with Gasteiger partial charge in [-0.3, -0.25) is 9.69 Å². The maximum atomic E-state index is 9.77. The van der Waals surface area contributed by atoms with Crippen LogP contribution < -0.4 is 5.32 Å². The van der Waals surface area contributed by atoms with E-state index in [0.29, 0.717) is 0 Å². The van der Waals surface area contributed by atoms with Crippen LogP contribution in [0.4, 0.5) is 0 Å². The van der Waals surface area contributed by atoms with E-state index < -0.39 is 5.97 Å². The molecule has 1 rings (SSSR count). The van der Waals surface area contributed by atoms with Gasteiger partial charge in [-0.15, -0.1) is 0 Å². The SMILES string of the molecule is C1CCNCC1.CN(C)CC(=O)O. The molecule has 0 saturated carbocycles. The number of hydrogen-bond acceptors (Lipinski definition) is 3. The fourth-order valence-corrected chi connectivity index (χ4v) is 1.07. The van der Waals surface area contributed by atoms with Crippen LogP contribution in [0.25, 0.3) is 0 Å². The van der Waals surface area contributed by atoms with Crippen molar-refractivity contribution in [2.24, 2.45) is 0 Å². The van der Waals surface area contributed by atoms with Crippen LogP contribution in [0.3, 0.4) is 0 Å². The Morgan fingerprint density at radius 2 is 1.85 bits per heavy atom. The molecule has 1 aliphatic heterocycles. The summed E-state index contributed by atoms with van der Waals surface area (Å²) in [5.41, 5.74) is 0. The van der Waals surface area contributed by atoms with Gasteiger partial charge in [0.1, 0.15) is 0 Å². The van der Waals surface area contributed by atoms with E-state index in [2.05, 4.69) is 5.32 Å². The molecule has 0 radical (unpaired) electrons. The van der Waals surface area contributed by atoms with Gasteiger partial charge in [0.05, 0.1) is 6.54 Å². The summed E-state index contributed by atoms with van der Waals surface area (Å²) in [5.74, 6) is -0.787. The third-order valence-corrected chi connectivity index (χ3v) is 1.66. The molecule has 0 aromatic rings. The normalized spacial score (nSPS) is 16.2. The summed E-state index contributed by atoms with van der Waals surface area (Å²) in [7, 11) is 3.43. The Labute approximate surface area is 79.9 Å². The van der Waals surface area contributed by atoms with Crippen molar-refractivity contribution in [2.45, 2.75) is 19.3 Å². The monoisotopic (exact) mass is 188 g/mol. The van der Waals surface area contributed by atoms with Gasteiger partial charge < -0.3 is 10.4 Å². The number of nitrogens with zero attached hydrogens (tertiary/aromatic N) is 1. The average molecular weight is 188 g/mol. The number of aliphatic carboxylic acids is 1. The molecule has 0 bridgehead atoms. The van der Waals surface area contributed by atoms with Crippen molar-refractivity contribution in [2.75, 3.05) is 33.7 Å². The lowest BCUT2D eigenvalue weighted by Crippen LogP contribution is -2.21. The lowest BCUT2D eigenvalue weighted by atomic mass is 10.2. The first-order valence-electron chi connectivity index (χ1n) is 4.70. The van der Waals surface area contributed by atoms with Gasteiger partial charge in [0.15, 0.2) is 0 Å². The standard InChI is InChI=1S/C5H11N.C4H9NO2/c1-2-4-6-5-3-1;1-5(2)3-4(6)7/h6H,1-5H2;3H2,1-2H3,(H,6,7). The van der Waals surface area contributed by atoms with E-state index >= 15 is 0 Å². The van der Waals surface area contributed by atoms with Gasteiger partial charge in [-0.05, 0) is 40.0 Å². The highest BCUT2D eigenvalue weighted by Gasteiger charge is 1.94. The van der Waals surface area contributed by atoms with Gasteiger partial charge in [0.25, 0.3) is 0 Å². The first-order valence-corrected chi connectivity index (χ1v) is 4.70. The van der Waals surface area contributed by atoms with Crippen molar-refractivity contribution in [3.63, 3.8) is 0 Å². The van der Waals surface area contributed by atoms with E-state index in [1.54, 1.807) is 19.0 Å². The molecule has 78 valence electrons. The zero-order valence-corrected chi connectivity index (χ0v) is 8.55. The van der Waals surface area contributed by atoms with E-state index in [0.717, 1.165) is 0 Å². The molecule has 0 amide bonds. The number of nitrogens with one attached hydrogen (secondary N) is 1. The van der Waals surface area contributed by atoms with Gasteiger partial charge in [0, 0.05) is 0 Å². The highest BCUT2D eigenvalue weighted by molar-refractivity contribution is 5.68. The zero-order valence-electron chi connectivity index (χ0n) is 8.55. The lowest BCUT2D eigenvalue weighted by Gasteiger charge is -2.08. The number of rotatable bonds is 2. The highest BCUT2D eigenvalue weighted by Crippen LogP contribution is 1.96. The molecule has 0 aliphatic carbocycles. The minimum Gasteiger partial charge on any atom is -0.480 e. The number of carboxylic acids is 1. The summed E-state index contributed by atoms with van der Waals surface area (Å²) in [6, 6.07) is 0. The van der Waals surface area contributed by atoms with Gasteiger partial charge in [-0.25, -0.2) is 0 Å². The molecule has 13 heavy (non-hydrogen) atoms. The van der Waals surface area contributed by atoms with Crippen molar-refractivity contribution in [1.82, 2.24) is 10.2 Å². The molecule has 2 N–H and O–H groups in total. The van der Waals surface area contributed by atoms with Crippen LogP contribution in [-0.4, -0.2) is 49.7 Å². The molecule has 4 nitrogen and oxygen atoms in total. The number of piperidine rings is 1. The van der Waals surface area contributed by atoms with Crippen molar-refractivity contribution in [1.29, 1.82) is 0 Å². The van der Waals surface area contributed by atoms with E-state index in [1.165, 1.54) is 32.4 Å².